The van der Waals surface area contributed by atoms with Crippen molar-refractivity contribution in [2.45, 2.75) is 32.7 Å². The number of amides is 2. The minimum Gasteiger partial charge on any atom is -0.363 e. The Labute approximate surface area is 200 Å². The van der Waals surface area contributed by atoms with E-state index in [9.17, 15) is 9.59 Å². The SMILES string of the molecule is [2H]C([2H])([2H])NC(=O)c1nnc(NC(=O)C2CC2)cc1Nc1nc(C)cc2c1N(C)C(C)c1nccnc1-2. The molecular formula is C23H25N9O2. The molecule has 11 heteroatoms. The van der Waals surface area contributed by atoms with E-state index < -0.39 is 12.9 Å². The Morgan fingerprint density at radius 1 is 1.18 bits per heavy atom. The van der Waals surface area contributed by atoms with Crippen LogP contribution < -0.4 is 20.9 Å². The number of fused-ring (bicyclic) bond motifs is 3. The van der Waals surface area contributed by atoms with E-state index >= 15 is 0 Å². The quantitative estimate of drug-likeness (QED) is 0.522. The summed E-state index contributed by atoms with van der Waals surface area (Å²) in [5, 5.41) is 15.7. The van der Waals surface area contributed by atoms with E-state index in [1.54, 1.807) is 12.4 Å². The van der Waals surface area contributed by atoms with Crippen LogP contribution in [-0.4, -0.2) is 51.0 Å². The second-order valence-corrected chi connectivity index (χ2v) is 8.42. The number of pyridine rings is 1. The molecule has 0 aromatic carbocycles. The second kappa shape index (κ2) is 8.32. The molecule has 3 aromatic heterocycles. The summed E-state index contributed by atoms with van der Waals surface area (Å²) in [6.07, 6.45) is 4.88. The monoisotopic (exact) mass is 462 g/mol. The van der Waals surface area contributed by atoms with E-state index in [4.69, 9.17) is 4.11 Å². The predicted molar refractivity (Wildman–Crippen MR) is 127 cm³/mol. The molecule has 2 amide bonds. The molecule has 5 rings (SSSR count). The molecule has 1 aliphatic carbocycles. The van der Waals surface area contributed by atoms with Crippen LogP contribution in [0.2, 0.25) is 0 Å². The van der Waals surface area contributed by atoms with Gasteiger partial charge in [-0.25, -0.2) is 4.98 Å². The lowest BCUT2D eigenvalue weighted by atomic mass is 9.97. The van der Waals surface area contributed by atoms with E-state index in [1.165, 1.54) is 6.07 Å². The first kappa shape index (κ1) is 18.3. The van der Waals surface area contributed by atoms with Gasteiger partial charge in [-0.2, -0.15) is 0 Å². The van der Waals surface area contributed by atoms with Crippen LogP contribution in [0.4, 0.5) is 23.0 Å². The standard InChI is InChI=1S/C23H25N9O2/c1-11-9-14-18-17(25-7-8-26-18)12(2)32(4)20(14)21(27-11)28-15-10-16(29-22(33)13-5-6-13)30-31-19(15)23(34)24-3/h7-10,12-13H,5-6H2,1-4H3,(H,24,34)(H2,27,28,29,30,33)/i3D3. The normalized spacial score (nSPS) is 18.0. The molecule has 1 saturated carbocycles. The molecule has 1 atom stereocenters. The highest BCUT2D eigenvalue weighted by atomic mass is 16.2. The Bertz CT molecular complexity index is 1410. The fraction of sp³-hybridized carbons (Fsp3) is 0.348. The summed E-state index contributed by atoms with van der Waals surface area (Å²) in [5.41, 5.74) is 3.62. The smallest absolute Gasteiger partial charge is 0.273 e. The van der Waals surface area contributed by atoms with Gasteiger partial charge in [-0.15, -0.1) is 10.2 Å². The molecule has 0 spiro atoms. The second-order valence-electron chi connectivity index (χ2n) is 8.42. The number of anilines is 4. The highest BCUT2D eigenvalue weighted by molar-refractivity contribution is 6.00. The summed E-state index contributed by atoms with van der Waals surface area (Å²) >= 11 is 0. The van der Waals surface area contributed by atoms with Crippen LogP contribution in [0, 0.1) is 12.8 Å². The number of rotatable bonds is 5. The fourth-order valence-electron chi connectivity index (χ4n) is 4.01. The van der Waals surface area contributed by atoms with Gasteiger partial charge in [-0.05, 0) is 32.8 Å². The molecule has 1 fully saturated rings. The zero-order valence-electron chi connectivity index (χ0n) is 21.9. The van der Waals surface area contributed by atoms with Crippen molar-refractivity contribution in [1.29, 1.82) is 0 Å². The third-order valence-corrected chi connectivity index (χ3v) is 6.01. The molecule has 0 bridgehead atoms. The van der Waals surface area contributed by atoms with Gasteiger partial charge < -0.3 is 20.9 Å². The average Bonchev–Trinajstić information content (AvgIpc) is 3.67. The Morgan fingerprint density at radius 2 is 1.97 bits per heavy atom. The largest absolute Gasteiger partial charge is 0.363 e. The Balaban J connectivity index is 1.60. The minimum atomic E-state index is -2.73. The van der Waals surface area contributed by atoms with Crippen molar-refractivity contribution in [2.75, 3.05) is 29.6 Å². The molecule has 0 radical (unpaired) electrons. The number of aryl methyl sites for hydroxylation is 1. The zero-order valence-corrected chi connectivity index (χ0v) is 18.9. The summed E-state index contributed by atoms with van der Waals surface area (Å²) in [6, 6.07) is 3.23. The van der Waals surface area contributed by atoms with Crippen molar-refractivity contribution >= 4 is 34.8 Å². The molecule has 2 aliphatic rings. The average molecular weight is 463 g/mol. The number of hydrogen-bond donors (Lipinski definition) is 3. The molecule has 34 heavy (non-hydrogen) atoms. The van der Waals surface area contributed by atoms with Gasteiger partial charge in [0.05, 0.1) is 28.8 Å². The van der Waals surface area contributed by atoms with Crippen LogP contribution in [-0.2, 0) is 4.79 Å². The third-order valence-electron chi connectivity index (χ3n) is 6.01. The zero-order chi connectivity index (χ0) is 26.5. The highest BCUT2D eigenvalue weighted by Gasteiger charge is 2.32. The number of aromatic nitrogens is 5. The summed E-state index contributed by atoms with van der Waals surface area (Å²) in [7, 11) is 1.90. The summed E-state index contributed by atoms with van der Waals surface area (Å²) in [4.78, 5) is 40.8. The van der Waals surface area contributed by atoms with Gasteiger partial charge in [0.15, 0.2) is 17.3 Å². The van der Waals surface area contributed by atoms with E-state index in [-0.39, 0.29) is 35.1 Å². The van der Waals surface area contributed by atoms with Crippen molar-refractivity contribution < 1.29 is 13.7 Å². The molecule has 11 nitrogen and oxygen atoms in total. The first-order valence-electron chi connectivity index (χ1n) is 12.4. The summed E-state index contributed by atoms with van der Waals surface area (Å²) < 4.78 is 22.2. The number of carbonyl (C=O) groups excluding carboxylic acids is 2. The van der Waals surface area contributed by atoms with Crippen LogP contribution in [0.1, 0.15) is 51.8 Å². The molecule has 3 N–H and O–H groups in total. The predicted octanol–water partition coefficient (Wildman–Crippen LogP) is 2.60. The molecule has 1 aliphatic heterocycles. The van der Waals surface area contributed by atoms with E-state index in [2.05, 4.69) is 35.8 Å². The van der Waals surface area contributed by atoms with E-state index in [0.29, 0.717) is 17.2 Å². The lowest BCUT2D eigenvalue weighted by Gasteiger charge is -2.35. The Morgan fingerprint density at radius 3 is 2.74 bits per heavy atom. The van der Waals surface area contributed by atoms with E-state index in [0.717, 1.165) is 29.8 Å². The van der Waals surface area contributed by atoms with Crippen LogP contribution in [0.25, 0.3) is 11.3 Å². The molecular weight excluding hydrogens is 434 g/mol. The Hall–Kier alpha value is -4.15. The number of nitrogens with zero attached hydrogens (tertiary/aromatic N) is 6. The number of hydrogen-bond acceptors (Lipinski definition) is 9. The molecule has 174 valence electrons. The van der Waals surface area contributed by atoms with Gasteiger partial charge in [0.1, 0.15) is 0 Å². The van der Waals surface area contributed by atoms with Crippen molar-refractivity contribution in [3.8, 4) is 11.3 Å². The summed E-state index contributed by atoms with van der Waals surface area (Å²) in [5.74, 6) is -0.678. The van der Waals surface area contributed by atoms with Gasteiger partial charge in [0.2, 0.25) is 5.91 Å². The van der Waals surface area contributed by atoms with Crippen LogP contribution in [0.5, 0.6) is 0 Å². The van der Waals surface area contributed by atoms with Gasteiger partial charge >= 0.3 is 0 Å². The first-order chi connectivity index (χ1) is 17.5. The van der Waals surface area contributed by atoms with Crippen molar-refractivity contribution in [3.63, 3.8) is 0 Å². The van der Waals surface area contributed by atoms with Crippen LogP contribution >= 0.6 is 0 Å². The van der Waals surface area contributed by atoms with Crippen LogP contribution in [0.3, 0.4) is 0 Å². The molecule has 1 unspecified atom stereocenters. The van der Waals surface area contributed by atoms with Crippen molar-refractivity contribution in [1.82, 2.24) is 30.5 Å². The van der Waals surface area contributed by atoms with Gasteiger partial charge in [-0.3, -0.25) is 19.6 Å². The minimum absolute atomic E-state index is 0.0708. The number of nitrogens with one attached hydrogen (secondary N) is 3. The molecule has 3 aromatic rings. The van der Waals surface area contributed by atoms with Gasteiger partial charge in [0, 0.05) is 53.8 Å². The lowest BCUT2D eigenvalue weighted by molar-refractivity contribution is -0.117. The fourth-order valence-corrected chi connectivity index (χ4v) is 4.01. The van der Waals surface area contributed by atoms with Gasteiger partial charge in [-0.1, -0.05) is 0 Å². The maximum absolute atomic E-state index is 12.8. The van der Waals surface area contributed by atoms with E-state index in [1.807, 2.05) is 37.2 Å². The first-order valence-corrected chi connectivity index (χ1v) is 10.9. The lowest BCUT2D eigenvalue weighted by Crippen LogP contribution is -2.29. The Kier molecular flexibility index (Phi) is 4.48. The van der Waals surface area contributed by atoms with Crippen molar-refractivity contribution in [3.05, 3.63) is 41.6 Å². The highest BCUT2D eigenvalue weighted by Crippen LogP contribution is 2.46. The number of carbonyl (C=O) groups is 2. The maximum Gasteiger partial charge on any atom is 0.273 e. The third kappa shape index (κ3) is 3.78. The topological polar surface area (TPSA) is 138 Å². The molecule has 0 saturated heterocycles. The molecule has 4 heterocycles. The summed E-state index contributed by atoms with van der Waals surface area (Å²) in [6.45, 7) is 1.09. The van der Waals surface area contributed by atoms with Crippen LogP contribution in [0.15, 0.2) is 24.5 Å². The maximum atomic E-state index is 12.8. The van der Waals surface area contributed by atoms with Gasteiger partial charge in [0.25, 0.3) is 5.91 Å². The van der Waals surface area contributed by atoms with Crippen molar-refractivity contribution in [2.24, 2.45) is 5.92 Å².